The number of carbonyl (C=O) groups is 2. The summed E-state index contributed by atoms with van der Waals surface area (Å²) < 4.78 is 29.1. The molecule has 1 aromatic heterocycles. The number of hydrogen-bond donors (Lipinski definition) is 2. The van der Waals surface area contributed by atoms with Gasteiger partial charge in [0.15, 0.2) is 11.6 Å². The molecule has 0 spiro atoms. The van der Waals surface area contributed by atoms with Gasteiger partial charge in [-0.2, -0.15) is 0 Å². The number of benzene rings is 2. The van der Waals surface area contributed by atoms with E-state index >= 15 is 0 Å². The van der Waals surface area contributed by atoms with Gasteiger partial charge in [0.25, 0.3) is 5.91 Å². The fourth-order valence-corrected chi connectivity index (χ4v) is 3.48. The van der Waals surface area contributed by atoms with Crippen molar-refractivity contribution in [2.75, 3.05) is 7.05 Å². The molecule has 1 atom stereocenters. The number of carbonyl (C=O) groups excluding carboxylic acids is 2. The lowest BCUT2D eigenvalue weighted by atomic mass is 9.97. The molecular weight excluding hydrogens is 390 g/mol. The Bertz CT molecular complexity index is 1120. The second-order valence-corrected chi connectivity index (χ2v) is 6.83. The van der Waals surface area contributed by atoms with Crippen molar-refractivity contribution in [1.29, 1.82) is 0 Å². The fourth-order valence-electron chi connectivity index (χ4n) is 3.36. The fraction of sp³-hybridized carbons (Fsp3) is 0.200. The number of likely N-dealkylation sites (N-methyl/N-ethyl adjacent to an activating group) is 1. The van der Waals surface area contributed by atoms with Crippen molar-refractivity contribution >= 4 is 34.3 Å². The van der Waals surface area contributed by atoms with Gasteiger partial charge in [0.1, 0.15) is 5.82 Å². The number of amides is 1. The molecule has 0 radical (unpaired) electrons. The van der Waals surface area contributed by atoms with E-state index in [9.17, 15) is 23.5 Å². The zero-order valence-electron chi connectivity index (χ0n) is 15.3. The summed E-state index contributed by atoms with van der Waals surface area (Å²) in [5.41, 5.74) is 1.03. The maximum Gasteiger partial charge on any atom is 0.262 e. The zero-order chi connectivity index (χ0) is 20.7. The Kier molecular flexibility index (Phi) is 5.12. The van der Waals surface area contributed by atoms with Gasteiger partial charge < -0.3 is 10.4 Å². The van der Waals surface area contributed by atoms with E-state index in [1.165, 1.54) is 29.8 Å². The van der Waals surface area contributed by atoms with Gasteiger partial charge in [0.05, 0.1) is 16.5 Å². The molecule has 0 saturated carbocycles. The average molecular weight is 407 g/mol. The number of phenolic OH excluding ortho intramolecular Hbond substituents is 1. The van der Waals surface area contributed by atoms with Gasteiger partial charge in [-0.3, -0.25) is 14.2 Å². The first-order valence-electron chi connectivity index (χ1n) is 8.42. The number of rotatable bonds is 3. The molecule has 2 aromatic carbocycles. The monoisotopic (exact) mass is 406 g/mol. The highest BCUT2D eigenvalue weighted by atomic mass is 35.5. The Morgan fingerprint density at radius 3 is 2.46 bits per heavy atom. The van der Waals surface area contributed by atoms with Crippen molar-refractivity contribution in [1.82, 2.24) is 9.88 Å². The second kappa shape index (κ2) is 7.24. The van der Waals surface area contributed by atoms with Crippen LogP contribution in [0.25, 0.3) is 10.9 Å². The van der Waals surface area contributed by atoms with E-state index in [0.29, 0.717) is 16.6 Å². The normalized spacial score (nSPS) is 12.2. The molecule has 0 aliphatic rings. The van der Waals surface area contributed by atoms with Crippen LogP contribution in [0.2, 0.25) is 5.02 Å². The summed E-state index contributed by atoms with van der Waals surface area (Å²) in [4.78, 5) is 25.3. The molecule has 8 heteroatoms. The molecule has 0 fully saturated rings. The number of aromatic nitrogens is 1. The van der Waals surface area contributed by atoms with Crippen LogP contribution in [0, 0.1) is 18.6 Å². The quantitative estimate of drug-likeness (QED) is 0.687. The third kappa shape index (κ3) is 3.11. The smallest absolute Gasteiger partial charge is 0.262 e. The molecule has 3 rings (SSSR count). The summed E-state index contributed by atoms with van der Waals surface area (Å²) in [7, 11) is 1.48. The molecule has 3 aromatic rings. The molecule has 5 nitrogen and oxygen atoms in total. The van der Waals surface area contributed by atoms with Gasteiger partial charge >= 0.3 is 0 Å². The minimum absolute atomic E-state index is 0.00882. The number of fused-ring (bicyclic) bond motifs is 1. The lowest BCUT2D eigenvalue weighted by Crippen LogP contribution is -2.24. The van der Waals surface area contributed by atoms with Crippen LogP contribution in [0.3, 0.4) is 0 Å². The van der Waals surface area contributed by atoms with Crippen molar-refractivity contribution in [3.05, 3.63) is 63.8 Å². The first-order valence-corrected chi connectivity index (χ1v) is 8.80. The SMILES string of the molecule is CNC(=O)[C@H](C)c1c(C)n(C(=O)c2ccc(Cl)c(F)c2)c2cc(F)c(O)cc12. The molecule has 0 unspecified atom stereocenters. The largest absolute Gasteiger partial charge is 0.505 e. The van der Waals surface area contributed by atoms with Gasteiger partial charge in [-0.05, 0) is 43.7 Å². The molecule has 1 heterocycles. The van der Waals surface area contributed by atoms with Gasteiger partial charge in [-0.1, -0.05) is 11.6 Å². The Morgan fingerprint density at radius 2 is 1.86 bits per heavy atom. The molecular formula is C20H17ClF2N2O3. The van der Waals surface area contributed by atoms with Crippen LogP contribution < -0.4 is 5.32 Å². The molecule has 28 heavy (non-hydrogen) atoms. The number of nitrogens with zero attached hydrogens (tertiary/aromatic N) is 1. The van der Waals surface area contributed by atoms with Gasteiger partial charge in [0.2, 0.25) is 5.91 Å². The third-order valence-corrected chi connectivity index (χ3v) is 5.07. The summed E-state index contributed by atoms with van der Waals surface area (Å²) in [6.07, 6.45) is 0. The first kappa shape index (κ1) is 19.8. The maximum absolute atomic E-state index is 14.0. The van der Waals surface area contributed by atoms with Crippen LogP contribution in [0.5, 0.6) is 5.75 Å². The lowest BCUT2D eigenvalue weighted by Gasteiger charge is -2.12. The Labute approximate surface area is 164 Å². The molecule has 0 saturated heterocycles. The Hall–Kier alpha value is -2.93. The number of nitrogens with one attached hydrogen (secondary N) is 1. The van der Waals surface area contributed by atoms with E-state index in [4.69, 9.17) is 11.6 Å². The summed E-state index contributed by atoms with van der Waals surface area (Å²) in [5.74, 6) is -3.87. The molecule has 0 aliphatic heterocycles. The summed E-state index contributed by atoms with van der Waals surface area (Å²) in [5, 5.41) is 12.6. The first-order chi connectivity index (χ1) is 13.2. The topological polar surface area (TPSA) is 71.3 Å². The van der Waals surface area contributed by atoms with Crippen LogP contribution in [-0.2, 0) is 4.79 Å². The van der Waals surface area contributed by atoms with Crippen molar-refractivity contribution in [2.45, 2.75) is 19.8 Å². The lowest BCUT2D eigenvalue weighted by molar-refractivity contribution is -0.121. The van der Waals surface area contributed by atoms with E-state index in [1.54, 1.807) is 13.8 Å². The zero-order valence-corrected chi connectivity index (χ0v) is 16.1. The van der Waals surface area contributed by atoms with Crippen molar-refractivity contribution in [3.8, 4) is 5.75 Å². The van der Waals surface area contributed by atoms with E-state index in [1.807, 2.05) is 0 Å². The van der Waals surface area contributed by atoms with E-state index in [2.05, 4.69) is 5.32 Å². The second-order valence-electron chi connectivity index (χ2n) is 6.43. The highest BCUT2D eigenvalue weighted by molar-refractivity contribution is 6.30. The molecule has 0 aliphatic carbocycles. The van der Waals surface area contributed by atoms with E-state index < -0.39 is 29.2 Å². The van der Waals surface area contributed by atoms with E-state index in [0.717, 1.165) is 12.1 Å². The minimum Gasteiger partial charge on any atom is -0.505 e. The highest BCUT2D eigenvalue weighted by Crippen LogP contribution is 2.36. The number of aromatic hydroxyl groups is 1. The summed E-state index contributed by atoms with van der Waals surface area (Å²) in [6.45, 7) is 3.24. The highest BCUT2D eigenvalue weighted by Gasteiger charge is 2.27. The molecule has 1 amide bonds. The predicted octanol–water partition coefficient (Wildman–Crippen LogP) is 4.12. The van der Waals surface area contributed by atoms with Crippen LogP contribution in [0.4, 0.5) is 8.78 Å². The standard InChI is InChI=1S/C20H17ClF2N2O3/c1-9(19(27)24-3)18-10(2)25(16-8-15(23)17(26)7-12(16)18)20(28)11-4-5-13(21)14(22)6-11/h4-9,26H,1-3H3,(H,24,27)/t9-/m1/s1. The third-order valence-electron chi connectivity index (χ3n) is 4.76. The van der Waals surface area contributed by atoms with Crippen molar-refractivity contribution < 1.29 is 23.5 Å². The van der Waals surface area contributed by atoms with Crippen LogP contribution in [-0.4, -0.2) is 28.5 Å². The Balaban J connectivity index is 2.31. The average Bonchev–Trinajstić information content (AvgIpc) is 2.93. The van der Waals surface area contributed by atoms with Gasteiger partial charge in [-0.25, -0.2) is 8.78 Å². The van der Waals surface area contributed by atoms with Gasteiger partial charge in [0, 0.05) is 29.8 Å². The summed E-state index contributed by atoms with van der Waals surface area (Å²) >= 11 is 5.68. The van der Waals surface area contributed by atoms with Crippen LogP contribution in [0.15, 0.2) is 30.3 Å². The summed E-state index contributed by atoms with van der Waals surface area (Å²) in [6, 6.07) is 5.80. The predicted molar refractivity (Wildman–Crippen MR) is 102 cm³/mol. The number of phenols is 1. The number of halogens is 3. The molecule has 0 bridgehead atoms. The number of hydrogen-bond acceptors (Lipinski definition) is 3. The molecule has 2 N–H and O–H groups in total. The van der Waals surface area contributed by atoms with Crippen molar-refractivity contribution in [2.24, 2.45) is 0 Å². The van der Waals surface area contributed by atoms with Crippen molar-refractivity contribution in [3.63, 3.8) is 0 Å². The molecule has 146 valence electrons. The van der Waals surface area contributed by atoms with E-state index in [-0.39, 0.29) is 22.0 Å². The Morgan fingerprint density at radius 1 is 1.18 bits per heavy atom. The maximum atomic E-state index is 14.0. The van der Waals surface area contributed by atoms with Crippen LogP contribution >= 0.6 is 11.6 Å². The van der Waals surface area contributed by atoms with Gasteiger partial charge in [-0.15, -0.1) is 0 Å². The minimum atomic E-state index is -0.916. The van der Waals surface area contributed by atoms with Crippen LogP contribution in [0.1, 0.15) is 34.5 Å².